The van der Waals surface area contributed by atoms with Crippen LogP contribution in [-0.2, 0) is 26.1 Å². The van der Waals surface area contributed by atoms with Gasteiger partial charge in [-0.3, -0.25) is 0 Å². The van der Waals surface area contributed by atoms with Crippen LogP contribution in [0.5, 0.6) is 0 Å². The zero-order valence-electron chi connectivity index (χ0n) is 6.03. The van der Waals surface area contributed by atoms with E-state index in [1.54, 1.807) is 0 Å². The summed E-state index contributed by atoms with van der Waals surface area (Å²) in [5.41, 5.74) is 4.40. The molecule has 11 heavy (non-hydrogen) atoms. The molecule has 0 aliphatic heterocycles. The second-order valence-electron chi connectivity index (χ2n) is 1.82. The normalized spacial score (nSPS) is 7.82. The molecule has 0 atom stereocenters. The van der Waals surface area contributed by atoms with Crippen LogP contribution in [-0.4, -0.2) is 10.3 Å². The number of thiocarbonyl (C=S) groups is 1. The van der Waals surface area contributed by atoms with Crippen LogP contribution in [0.4, 0.5) is 0 Å². The van der Waals surface area contributed by atoms with Crippen molar-refractivity contribution in [3.05, 3.63) is 30.3 Å². The van der Waals surface area contributed by atoms with Crippen molar-refractivity contribution in [2.24, 2.45) is 5.73 Å². The summed E-state index contributed by atoms with van der Waals surface area (Å²) in [4.78, 5) is 0. The van der Waals surface area contributed by atoms with Crippen LogP contribution >= 0.6 is 12.2 Å². The van der Waals surface area contributed by atoms with Gasteiger partial charge < -0.3 is 10.8 Å². The van der Waals surface area contributed by atoms with Gasteiger partial charge in [-0.05, 0) is 12.2 Å². The molecule has 0 spiro atoms. The Balaban J connectivity index is 0.000000218. The van der Waals surface area contributed by atoms with E-state index in [9.17, 15) is 0 Å². The first kappa shape index (κ1) is 10.8. The maximum absolute atomic E-state index is 7.56. The molecule has 1 rings (SSSR count). The van der Waals surface area contributed by atoms with Crippen molar-refractivity contribution in [1.29, 1.82) is 0 Å². The predicted octanol–water partition coefficient (Wildman–Crippen LogP) is 0.647. The Labute approximate surface area is 87.4 Å². The van der Waals surface area contributed by atoms with Crippen molar-refractivity contribution in [3.63, 3.8) is 0 Å². The third-order valence-corrected chi connectivity index (χ3v) is 2.68. The van der Waals surface area contributed by atoms with Gasteiger partial charge in [-0.2, -0.15) is 0 Å². The number of nitrogens with two attached hydrogens (primary N) is 1. The summed E-state index contributed by atoms with van der Waals surface area (Å²) in [7, 11) is 0. The standard InChI is InChI=1S/C6H5.CH3NOS.Hg/c1-2-4-6-5-3-1;2-1(3)4;/h1-5H;(H3,2,3,4);. The molecule has 0 saturated carbocycles. The van der Waals surface area contributed by atoms with Crippen LogP contribution in [0, 0.1) is 0 Å². The summed E-state index contributed by atoms with van der Waals surface area (Å²) < 4.78 is 1.52. The summed E-state index contributed by atoms with van der Waals surface area (Å²) in [5, 5.41) is 7.06. The quantitative estimate of drug-likeness (QED) is 0.531. The Kier molecular flexibility index (Phi) is 6.46. The molecule has 0 heterocycles. The van der Waals surface area contributed by atoms with Gasteiger partial charge in [-0.25, -0.2) is 0 Å². The predicted molar refractivity (Wildman–Crippen MR) is 45.5 cm³/mol. The molecule has 55 valence electrons. The van der Waals surface area contributed by atoms with Crippen LogP contribution < -0.4 is 8.81 Å². The van der Waals surface area contributed by atoms with Gasteiger partial charge in [0.05, 0.1) is 0 Å². The first-order valence-electron chi connectivity index (χ1n) is 2.98. The molecule has 2 nitrogen and oxygen atoms in total. The molecular formula is C7H8HgNOS. The average molecular weight is 355 g/mol. The second kappa shape index (κ2) is 6.55. The first-order chi connectivity index (χ1) is 5.13. The first-order valence-corrected chi connectivity index (χ1v) is 6.14. The molecule has 0 saturated heterocycles. The topological polar surface area (TPSA) is 46.2 Å². The second-order valence-corrected chi connectivity index (χ2v) is 5.42. The van der Waals surface area contributed by atoms with Gasteiger partial charge in [0.1, 0.15) is 0 Å². The minimum atomic E-state index is -0.500. The minimum absolute atomic E-state index is 0.500. The van der Waals surface area contributed by atoms with Crippen molar-refractivity contribution in [2.75, 3.05) is 0 Å². The van der Waals surface area contributed by atoms with Gasteiger partial charge in [0, 0.05) is 0 Å². The fraction of sp³-hybridized carbons (Fsp3) is 0. The van der Waals surface area contributed by atoms with Crippen molar-refractivity contribution in [1.82, 2.24) is 0 Å². The zero-order valence-corrected chi connectivity index (χ0v) is 12.3. The van der Waals surface area contributed by atoms with Crippen molar-refractivity contribution in [3.8, 4) is 0 Å². The van der Waals surface area contributed by atoms with Gasteiger partial charge in [-0.1, -0.05) is 0 Å². The Bertz CT molecular complexity index is 211. The van der Waals surface area contributed by atoms with Gasteiger partial charge >= 0.3 is 59.5 Å². The van der Waals surface area contributed by atoms with E-state index < -0.39 is 5.17 Å². The van der Waals surface area contributed by atoms with Crippen LogP contribution in [0.25, 0.3) is 0 Å². The number of benzene rings is 1. The van der Waals surface area contributed by atoms with Crippen LogP contribution in [0.2, 0.25) is 0 Å². The number of aliphatic hydroxyl groups is 1. The number of hydrogen-bond acceptors (Lipinski definition) is 1. The van der Waals surface area contributed by atoms with Gasteiger partial charge in [0.25, 0.3) is 5.17 Å². The van der Waals surface area contributed by atoms with E-state index in [0.29, 0.717) is 0 Å². The van der Waals surface area contributed by atoms with Crippen molar-refractivity contribution < 1.29 is 31.2 Å². The Hall–Kier alpha value is -0.155. The van der Waals surface area contributed by atoms with Crippen molar-refractivity contribution in [2.45, 2.75) is 0 Å². The molecule has 4 heteroatoms. The summed E-state index contributed by atoms with van der Waals surface area (Å²) in [6.45, 7) is 0. The summed E-state index contributed by atoms with van der Waals surface area (Å²) in [6.07, 6.45) is 0. The molecule has 0 aromatic heterocycles. The van der Waals surface area contributed by atoms with E-state index in [1.165, 1.54) is 3.07 Å². The van der Waals surface area contributed by atoms with Crippen LogP contribution in [0.1, 0.15) is 0 Å². The molecule has 0 amide bonds. The molecule has 3 N–H and O–H groups in total. The number of aliphatic hydroxyl groups excluding tert-OH is 1. The molecule has 0 bridgehead atoms. The molecular weight excluding hydrogens is 347 g/mol. The SMILES string of the molecule is NC(O)=S.[Hg][c]1ccccc1. The molecule has 0 aliphatic carbocycles. The Morgan fingerprint density at radius 1 is 1.36 bits per heavy atom. The monoisotopic (exact) mass is 356 g/mol. The fourth-order valence-electron chi connectivity index (χ4n) is 0.478. The van der Waals surface area contributed by atoms with E-state index in [-0.39, 0.29) is 0 Å². The van der Waals surface area contributed by atoms with E-state index in [4.69, 9.17) is 5.11 Å². The summed E-state index contributed by atoms with van der Waals surface area (Å²) in [5.74, 6) is 0. The number of rotatable bonds is 0. The average Bonchev–Trinajstić information content (AvgIpc) is 1.87. The molecule has 0 radical (unpaired) electrons. The zero-order chi connectivity index (χ0) is 8.69. The molecule has 0 fully saturated rings. The van der Waals surface area contributed by atoms with E-state index in [2.05, 4.69) is 48.3 Å². The van der Waals surface area contributed by atoms with E-state index in [0.717, 1.165) is 26.1 Å². The Morgan fingerprint density at radius 2 is 1.73 bits per heavy atom. The van der Waals surface area contributed by atoms with E-state index in [1.807, 2.05) is 0 Å². The van der Waals surface area contributed by atoms with Crippen LogP contribution in [0.3, 0.4) is 0 Å². The molecule has 0 unspecified atom stereocenters. The summed E-state index contributed by atoms with van der Waals surface area (Å²) >= 11 is 4.68. The summed E-state index contributed by atoms with van der Waals surface area (Å²) in [6, 6.07) is 10.6. The van der Waals surface area contributed by atoms with Crippen molar-refractivity contribution >= 4 is 20.5 Å². The van der Waals surface area contributed by atoms with Gasteiger partial charge in [-0.15, -0.1) is 0 Å². The third-order valence-electron chi connectivity index (χ3n) is 0.843. The number of hydrogen-bond donors (Lipinski definition) is 2. The molecule has 0 aliphatic rings. The van der Waals surface area contributed by atoms with Gasteiger partial charge in [0.2, 0.25) is 0 Å². The van der Waals surface area contributed by atoms with Crippen LogP contribution in [0.15, 0.2) is 30.3 Å². The molecule has 1 aromatic rings. The third kappa shape index (κ3) is 9.85. The maximum atomic E-state index is 7.56. The van der Waals surface area contributed by atoms with Gasteiger partial charge in [0.15, 0.2) is 0 Å². The fourth-order valence-corrected chi connectivity index (χ4v) is 1.54. The molecule has 1 aromatic carbocycles. The Morgan fingerprint density at radius 3 is 1.91 bits per heavy atom. The van der Waals surface area contributed by atoms with E-state index >= 15 is 0 Å².